The lowest BCUT2D eigenvalue weighted by atomic mass is 9.89. The number of carbonyl (C=O) groups excluding carboxylic acids is 1. The highest BCUT2D eigenvalue weighted by molar-refractivity contribution is 5.79. The van der Waals surface area contributed by atoms with Gasteiger partial charge in [-0.1, -0.05) is 0 Å². The van der Waals surface area contributed by atoms with Crippen LogP contribution in [0.2, 0.25) is 0 Å². The van der Waals surface area contributed by atoms with Gasteiger partial charge in [-0.25, -0.2) is 6.57 Å². The first kappa shape index (κ1) is 26.7. The Morgan fingerprint density at radius 1 is 1.14 bits per heavy atom. The number of rotatable bonds is 10. The lowest BCUT2D eigenvalue weighted by Crippen LogP contribution is -2.55. The van der Waals surface area contributed by atoms with Gasteiger partial charge < -0.3 is 33.9 Å². The Labute approximate surface area is 209 Å². The van der Waals surface area contributed by atoms with Crippen molar-refractivity contribution in [3.05, 3.63) is 11.4 Å². The number of nitrogens with one attached hydrogen (secondary N) is 1. The molecule has 10 heteroatoms. The Morgan fingerprint density at radius 2 is 1.89 bits per heavy atom. The molecule has 4 fully saturated rings. The zero-order chi connectivity index (χ0) is 25.1. The molecule has 1 N–H and O–H groups in total. The van der Waals surface area contributed by atoms with Crippen molar-refractivity contribution in [2.24, 2.45) is 0 Å². The molecular formula is C25H42N4O6. The molecule has 0 unspecified atom stereocenters. The maximum Gasteiger partial charge on any atom is 0.300 e. The van der Waals surface area contributed by atoms with Gasteiger partial charge in [-0.3, -0.25) is 14.5 Å². The Hall–Kier alpha value is -1.32. The first-order valence-corrected chi connectivity index (χ1v) is 13.1. The maximum atomic E-state index is 12.6. The summed E-state index contributed by atoms with van der Waals surface area (Å²) in [6, 6.07) is 0. The molecule has 35 heavy (non-hydrogen) atoms. The van der Waals surface area contributed by atoms with Crippen molar-refractivity contribution < 1.29 is 28.5 Å². The fourth-order valence-corrected chi connectivity index (χ4v) is 5.52. The molecule has 1 amide bonds. The van der Waals surface area contributed by atoms with Gasteiger partial charge in [0.25, 0.3) is 0 Å². The van der Waals surface area contributed by atoms with Gasteiger partial charge in [-0.15, -0.1) is 0 Å². The minimum absolute atomic E-state index is 0.0360. The van der Waals surface area contributed by atoms with Gasteiger partial charge in [0.1, 0.15) is 18.3 Å². The molecule has 0 aromatic heterocycles. The van der Waals surface area contributed by atoms with Crippen LogP contribution in [0.4, 0.5) is 0 Å². The summed E-state index contributed by atoms with van der Waals surface area (Å²) < 4.78 is 29.9. The molecule has 10 nitrogen and oxygen atoms in total. The van der Waals surface area contributed by atoms with Crippen molar-refractivity contribution in [2.45, 2.75) is 95.5 Å². The summed E-state index contributed by atoms with van der Waals surface area (Å²) in [6.45, 7) is 20.5. The Morgan fingerprint density at radius 3 is 2.60 bits per heavy atom. The first-order valence-electron chi connectivity index (χ1n) is 13.1. The molecule has 0 saturated carbocycles. The van der Waals surface area contributed by atoms with E-state index in [4.69, 9.17) is 30.3 Å². The lowest BCUT2D eigenvalue weighted by Gasteiger charge is -2.41. The van der Waals surface area contributed by atoms with E-state index in [1.807, 2.05) is 20.8 Å². The van der Waals surface area contributed by atoms with Crippen LogP contribution in [0.1, 0.15) is 53.4 Å². The van der Waals surface area contributed by atoms with Crippen LogP contribution in [0, 0.1) is 6.57 Å². The quantitative estimate of drug-likeness (QED) is 0.362. The third-order valence-corrected chi connectivity index (χ3v) is 7.58. The van der Waals surface area contributed by atoms with E-state index in [2.05, 4.69) is 22.0 Å². The van der Waals surface area contributed by atoms with Gasteiger partial charge >= 0.3 is 6.17 Å². The number of likely N-dealkylation sites (tertiary alicyclic amines) is 2. The third-order valence-electron chi connectivity index (χ3n) is 7.58. The zero-order valence-electron chi connectivity index (χ0n) is 21.7. The molecule has 4 rings (SSSR count). The SMILES string of the molecule is [C-]#[N+][C@@H]1CCCN1C(=O)CNC1(C)CCN(C[C@H]2O[C@@H](OCCOCC)[C@@H]3OC(C)(C)O[C@@H]32)CC1. The second kappa shape index (κ2) is 11.4. The lowest BCUT2D eigenvalue weighted by molar-refractivity contribution is -0.236. The molecule has 4 aliphatic rings. The fraction of sp³-hybridized carbons (Fsp3) is 0.920. The van der Waals surface area contributed by atoms with E-state index in [-0.39, 0.29) is 35.9 Å². The molecule has 0 aromatic rings. The van der Waals surface area contributed by atoms with Crippen LogP contribution in [0.5, 0.6) is 0 Å². The van der Waals surface area contributed by atoms with Gasteiger partial charge in [-0.05, 0) is 60.0 Å². The molecule has 0 radical (unpaired) electrons. The standard InChI is InChI=1S/C25H42N4O6/c1-6-31-14-15-32-23-22-21(34-24(2,3)35-22)18(33-23)17-28-12-9-25(4,10-13-28)27-16-20(30)29-11-7-8-19(29)26-5/h18-19,21-23,27H,6-17H2,1-4H3/t18-,19+,21-,22-,23-/m1/s1. The molecule has 4 heterocycles. The van der Waals surface area contributed by atoms with Gasteiger partial charge in [-0.2, -0.15) is 0 Å². The fourth-order valence-electron chi connectivity index (χ4n) is 5.52. The van der Waals surface area contributed by atoms with Crippen molar-refractivity contribution >= 4 is 5.91 Å². The normalized spacial score (nSPS) is 34.1. The van der Waals surface area contributed by atoms with Gasteiger partial charge in [0.15, 0.2) is 12.1 Å². The molecule has 4 saturated heterocycles. The maximum absolute atomic E-state index is 12.6. The average molecular weight is 495 g/mol. The number of hydrogen-bond acceptors (Lipinski definition) is 8. The summed E-state index contributed by atoms with van der Waals surface area (Å²) in [4.78, 5) is 20.4. The minimum atomic E-state index is -0.655. The second-order valence-electron chi connectivity index (χ2n) is 10.7. The number of amides is 1. The Balaban J connectivity index is 1.24. The van der Waals surface area contributed by atoms with Crippen molar-refractivity contribution in [1.82, 2.24) is 15.1 Å². The van der Waals surface area contributed by atoms with Crippen molar-refractivity contribution in [1.29, 1.82) is 0 Å². The predicted molar refractivity (Wildman–Crippen MR) is 128 cm³/mol. The molecule has 4 aliphatic heterocycles. The predicted octanol–water partition coefficient (Wildman–Crippen LogP) is 1.60. The Kier molecular flexibility index (Phi) is 8.69. The van der Waals surface area contributed by atoms with E-state index < -0.39 is 12.1 Å². The van der Waals surface area contributed by atoms with Crippen molar-refractivity contribution in [2.75, 3.05) is 52.5 Å². The third kappa shape index (κ3) is 6.52. The monoisotopic (exact) mass is 494 g/mol. The molecule has 0 aliphatic carbocycles. The van der Waals surface area contributed by atoms with Crippen LogP contribution in [0.25, 0.3) is 4.85 Å². The highest BCUT2D eigenvalue weighted by Gasteiger charge is 2.56. The average Bonchev–Trinajstić information content (AvgIpc) is 3.51. The molecule has 0 spiro atoms. The number of fused-ring (bicyclic) bond motifs is 1. The summed E-state index contributed by atoms with van der Waals surface area (Å²) in [6.07, 6.45) is 2.30. The Bertz CT molecular complexity index is 766. The largest absolute Gasteiger partial charge is 0.379 e. The molecule has 5 atom stereocenters. The summed E-state index contributed by atoms with van der Waals surface area (Å²) in [5.41, 5.74) is -0.0988. The summed E-state index contributed by atoms with van der Waals surface area (Å²) in [7, 11) is 0. The molecule has 198 valence electrons. The number of hydrogen-bond donors (Lipinski definition) is 1. The highest BCUT2D eigenvalue weighted by Crippen LogP contribution is 2.39. The van der Waals surface area contributed by atoms with Gasteiger partial charge in [0.05, 0.1) is 19.8 Å². The summed E-state index contributed by atoms with van der Waals surface area (Å²) in [5, 5.41) is 3.49. The number of ether oxygens (including phenoxy) is 5. The topological polar surface area (TPSA) is 86.1 Å². The van der Waals surface area contributed by atoms with Crippen LogP contribution in [-0.2, 0) is 28.5 Å². The van der Waals surface area contributed by atoms with E-state index in [0.717, 1.165) is 45.3 Å². The van der Waals surface area contributed by atoms with Crippen LogP contribution < -0.4 is 5.32 Å². The van der Waals surface area contributed by atoms with Crippen LogP contribution in [-0.4, -0.2) is 110 Å². The molecule has 0 bridgehead atoms. The number of carbonyl (C=O) groups is 1. The first-order chi connectivity index (χ1) is 16.7. The van der Waals surface area contributed by atoms with E-state index >= 15 is 0 Å². The van der Waals surface area contributed by atoms with Gasteiger partial charge in [0, 0.05) is 31.7 Å². The number of nitrogens with zero attached hydrogens (tertiary/aromatic N) is 3. The van der Waals surface area contributed by atoms with E-state index in [9.17, 15) is 4.79 Å². The summed E-state index contributed by atoms with van der Waals surface area (Å²) >= 11 is 0. The van der Waals surface area contributed by atoms with E-state index in [1.165, 1.54) is 0 Å². The molecular weight excluding hydrogens is 452 g/mol. The molecule has 0 aromatic carbocycles. The van der Waals surface area contributed by atoms with Crippen molar-refractivity contribution in [3.63, 3.8) is 0 Å². The van der Waals surface area contributed by atoms with E-state index in [1.54, 1.807) is 4.90 Å². The smallest absolute Gasteiger partial charge is 0.300 e. The van der Waals surface area contributed by atoms with Gasteiger partial charge in [0.2, 0.25) is 5.91 Å². The van der Waals surface area contributed by atoms with Crippen LogP contribution in [0.15, 0.2) is 0 Å². The highest BCUT2D eigenvalue weighted by atomic mass is 16.8. The van der Waals surface area contributed by atoms with Crippen LogP contribution in [0.3, 0.4) is 0 Å². The second-order valence-corrected chi connectivity index (χ2v) is 10.7. The van der Waals surface area contributed by atoms with Crippen molar-refractivity contribution in [3.8, 4) is 0 Å². The number of piperidine rings is 1. The van der Waals surface area contributed by atoms with Crippen LogP contribution >= 0.6 is 0 Å². The van der Waals surface area contributed by atoms with E-state index in [0.29, 0.717) is 32.9 Å². The zero-order valence-corrected chi connectivity index (χ0v) is 21.7. The minimum Gasteiger partial charge on any atom is -0.379 e. The summed E-state index contributed by atoms with van der Waals surface area (Å²) in [5.74, 6) is -0.619.